The van der Waals surface area contributed by atoms with Crippen LogP contribution in [-0.2, 0) is 11.3 Å². The Bertz CT molecular complexity index is 469. The number of carbonyl (C=O) groups is 1. The van der Waals surface area contributed by atoms with Crippen LogP contribution in [-0.4, -0.2) is 34.0 Å². The number of alkyl halides is 3. The van der Waals surface area contributed by atoms with E-state index in [1.807, 2.05) is 0 Å². The summed E-state index contributed by atoms with van der Waals surface area (Å²) < 4.78 is 40.8. The van der Waals surface area contributed by atoms with Gasteiger partial charge in [0.2, 0.25) is 5.69 Å². The minimum atomic E-state index is -4.41. The highest BCUT2D eigenvalue weighted by atomic mass is 19.4. The normalized spacial score (nSPS) is 11.3. The van der Waals surface area contributed by atoms with E-state index in [1.165, 1.54) is 0 Å². The summed E-state index contributed by atoms with van der Waals surface area (Å²) in [5.41, 5.74) is -1.31. The SMILES string of the molecule is COC(=O)c1nn(CCC(F)(F)F)cc1[N+](=O)[O-]. The molecule has 100 valence electrons. The topological polar surface area (TPSA) is 87.3 Å². The molecule has 0 amide bonds. The molecule has 18 heavy (non-hydrogen) atoms. The van der Waals surface area contributed by atoms with Gasteiger partial charge in [0.15, 0.2) is 0 Å². The number of halogens is 3. The molecule has 10 heteroatoms. The molecule has 0 bridgehead atoms. The summed E-state index contributed by atoms with van der Waals surface area (Å²) in [6.07, 6.45) is -4.85. The Labute approximate surface area is 98.3 Å². The molecule has 0 N–H and O–H groups in total. The largest absolute Gasteiger partial charge is 0.464 e. The third-order valence-electron chi connectivity index (χ3n) is 1.94. The molecular weight excluding hydrogens is 259 g/mol. The lowest BCUT2D eigenvalue weighted by Gasteiger charge is -2.04. The minimum absolute atomic E-state index is 0.610. The van der Waals surface area contributed by atoms with Crippen LogP contribution in [0, 0.1) is 10.1 Å². The number of nitro groups is 1. The van der Waals surface area contributed by atoms with Crippen molar-refractivity contribution < 1.29 is 27.6 Å². The molecule has 1 aromatic heterocycles. The van der Waals surface area contributed by atoms with Gasteiger partial charge in [-0.2, -0.15) is 18.3 Å². The minimum Gasteiger partial charge on any atom is -0.464 e. The summed E-state index contributed by atoms with van der Waals surface area (Å²) >= 11 is 0. The maximum atomic E-state index is 12.0. The van der Waals surface area contributed by atoms with E-state index in [9.17, 15) is 28.1 Å². The Morgan fingerprint density at radius 1 is 1.61 bits per heavy atom. The average Bonchev–Trinajstić information content (AvgIpc) is 2.68. The number of ether oxygens (including phenoxy) is 1. The first-order valence-corrected chi connectivity index (χ1v) is 4.61. The van der Waals surface area contributed by atoms with Crippen LogP contribution in [0.1, 0.15) is 16.9 Å². The van der Waals surface area contributed by atoms with Crippen LogP contribution in [0.5, 0.6) is 0 Å². The Hall–Kier alpha value is -2.13. The molecule has 0 atom stereocenters. The first-order chi connectivity index (χ1) is 8.24. The predicted octanol–water partition coefficient (Wildman–Crippen LogP) is 1.53. The van der Waals surface area contributed by atoms with Crippen LogP contribution < -0.4 is 0 Å². The molecule has 1 heterocycles. The number of aromatic nitrogens is 2. The van der Waals surface area contributed by atoms with Gasteiger partial charge in [-0.05, 0) is 0 Å². The van der Waals surface area contributed by atoms with E-state index in [2.05, 4.69) is 9.84 Å². The molecule has 0 aliphatic heterocycles. The van der Waals surface area contributed by atoms with Gasteiger partial charge in [0, 0.05) is 6.54 Å². The fourth-order valence-corrected chi connectivity index (χ4v) is 1.14. The first-order valence-electron chi connectivity index (χ1n) is 4.61. The van der Waals surface area contributed by atoms with E-state index in [0.29, 0.717) is 4.68 Å². The maximum absolute atomic E-state index is 12.0. The molecule has 0 fully saturated rings. The molecule has 7 nitrogen and oxygen atoms in total. The van der Waals surface area contributed by atoms with E-state index < -0.39 is 41.4 Å². The maximum Gasteiger partial charge on any atom is 0.390 e. The van der Waals surface area contributed by atoms with Gasteiger partial charge in [0.05, 0.1) is 18.5 Å². The summed E-state index contributed by atoms with van der Waals surface area (Å²) in [6, 6.07) is 0. The van der Waals surface area contributed by atoms with E-state index in [-0.39, 0.29) is 0 Å². The lowest BCUT2D eigenvalue weighted by Crippen LogP contribution is -2.13. The van der Waals surface area contributed by atoms with E-state index in [1.54, 1.807) is 0 Å². The van der Waals surface area contributed by atoms with Crippen molar-refractivity contribution in [1.29, 1.82) is 0 Å². The zero-order chi connectivity index (χ0) is 13.9. The van der Waals surface area contributed by atoms with Crippen molar-refractivity contribution >= 4 is 11.7 Å². The van der Waals surface area contributed by atoms with Crippen LogP contribution in [0.15, 0.2) is 6.20 Å². The third-order valence-corrected chi connectivity index (χ3v) is 1.94. The molecule has 0 aromatic carbocycles. The molecule has 1 aromatic rings. The number of carbonyl (C=O) groups excluding carboxylic acids is 1. The zero-order valence-electron chi connectivity index (χ0n) is 9.10. The highest BCUT2D eigenvalue weighted by Crippen LogP contribution is 2.22. The van der Waals surface area contributed by atoms with Gasteiger partial charge in [0.1, 0.15) is 6.20 Å². The third kappa shape index (κ3) is 3.43. The second kappa shape index (κ2) is 5.02. The number of aryl methyl sites for hydroxylation is 1. The van der Waals surface area contributed by atoms with Gasteiger partial charge in [-0.1, -0.05) is 0 Å². The molecule has 1 rings (SSSR count). The molecule has 0 aliphatic carbocycles. The fraction of sp³-hybridized carbons (Fsp3) is 0.500. The quantitative estimate of drug-likeness (QED) is 0.469. The summed E-state index contributed by atoms with van der Waals surface area (Å²) in [4.78, 5) is 20.8. The molecule has 0 aliphatic rings. The molecule has 0 saturated heterocycles. The Morgan fingerprint density at radius 2 is 2.22 bits per heavy atom. The number of esters is 1. The van der Waals surface area contributed by atoms with Crippen LogP contribution in [0.2, 0.25) is 0 Å². The molecule has 0 spiro atoms. The number of rotatable bonds is 4. The number of nitrogens with zero attached hydrogens (tertiary/aromatic N) is 3. The van der Waals surface area contributed by atoms with Gasteiger partial charge in [-0.15, -0.1) is 0 Å². The van der Waals surface area contributed by atoms with Gasteiger partial charge in [-0.25, -0.2) is 4.79 Å². The van der Waals surface area contributed by atoms with Gasteiger partial charge >= 0.3 is 17.8 Å². The molecular formula is C8H8F3N3O4. The van der Waals surface area contributed by atoms with E-state index >= 15 is 0 Å². The van der Waals surface area contributed by atoms with Crippen molar-refractivity contribution in [3.05, 3.63) is 22.0 Å². The van der Waals surface area contributed by atoms with Crippen molar-refractivity contribution in [2.24, 2.45) is 0 Å². The van der Waals surface area contributed by atoms with Crippen LogP contribution in [0.3, 0.4) is 0 Å². The van der Waals surface area contributed by atoms with Crippen molar-refractivity contribution in [3.63, 3.8) is 0 Å². The van der Waals surface area contributed by atoms with E-state index in [0.717, 1.165) is 13.3 Å². The van der Waals surface area contributed by atoms with Crippen molar-refractivity contribution in [1.82, 2.24) is 9.78 Å². The highest BCUT2D eigenvalue weighted by molar-refractivity contribution is 5.91. The number of methoxy groups -OCH3 is 1. The Balaban J connectivity index is 2.96. The monoisotopic (exact) mass is 267 g/mol. The lowest BCUT2D eigenvalue weighted by atomic mass is 10.4. The second-order valence-electron chi connectivity index (χ2n) is 3.24. The summed E-state index contributed by atoms with van der Waals surface area (Å²) in [7, 11) is 0.987. The number of hydrogen-bond donors (Lipinski definition) is 0. The van der Waals surface area contributed by atoms with Gasteiger partial charge in [0.25, 0.3) is 0 Å². The first kappa shape index (κ1) is 13.9. The summed E-state index contributed by atoms with van der Waals surface area (Å²) in [6.45, 7) is -0.610. The van der Waals surface area contributed by atoms with E-state index in [4.69, 9.17) is 0 Å². The summed E-state index contributed by atoms with van der Waals surface area (Å²) in [5, 5.41) is 14.0. The average molecular weight is 267 g/mol. The fourth-order valence-electron chi connectivity index (χ4n) is 1.14. The van der Waals surface area contributed by atoms with Crippen molar-refractivity contribution in [2.75, 3.05) is 7.11 Å². The molecule has 0 unspecified atom stereocenters. The highest BCUT2D eigenvalue weighted by Gasteiger charge is 2.30. The van der Waals surface area contributed by atoms with Crippen LogP contribution in [0.4, 0.5) is 18.9 Å². The Morgan fingerprint density at radius 3 is 2.67 bits per heavy atom. The van der Waals surface area contributed by atoms with Gasteiger partial charge in [-0.3, -0.25) is 14.8 Å². The van der Waals surface area contributed by atoms with Crippen molar-refractivity contribution in [3.8, 4) is 0 Å². The second-order valence-corrected chi connectivity index (χ2v) is 3.24. The van der Waals surface area contributed by atoms with Crippen LogP contribution in [0.25, 0.3) is 0 Å². The summed E-state index contributed by atoms with van der Waals surface area (Å²) in [5.74, 6) is -1.08. The molecule has 0 saturated carbocycles. The molecule has 0 radical (unpaired) electrons. The predicted molar refractivity (Wildman–Crippen MR) is 50.9 cm³/mol. The lowest BCUT2D eigenvalue weighted by molar-refractivity contribution is -0.385. The smallest absolute Gasteiger partial charge is 0.390 e. The standard InChI is InChI=1S/C8H8F3N3O4/c1-18-7(15)6-5(14(16)17)4-13(12-6)3-2-8(9,10)11/h4H,2-3H2,1H3. The van der Waals surface area contributed by atoms with Crippen molar-refractivity contribution in [2.45, 2.75) is 19.1 Å². The Kier molecular flexibility index (Phi) is 3.89. The van der Waals surface area contributed by atoms with Crippen LogP contribution >= 0.6 is 0 Å². The zero-order valence-corrected chi connectivity index (χ0v) is 9.10. The van der Waals surface area contributed by atoms with Gasteiger partial charge < -0.3 is 4.74 Å². The number of hydrogen-bond acceptors (Lipinski definition) is 5.